The van der Waals surface area contributed by atoms with E-state index in [-0.39, 0.29) is 11.8 Å². The second kappa shape index (κ2) is 6.45. The molecule has 21 heavy (non-hydrogen) atoms. The number of anilines is 1. The monoisotopic (exact) mass is 310 g/mol. The maximum atomic E-state index is 11.7. The third-order valence-electron chi connectivity index (χ3n) is 3.77. The van der Waals surface area contributed by atoms with Gasteiger partial charge in [-0.3, -0.25) is 4.79 Å². The number of aliphatic hydroxyl groups is 1. The minimum atomic E-state index is -0.597. The molecule has 1 fully saturated rings. The molecule has 0 aliphatic heterocycles. The number of halogens is 1. The number of hydrogen-bond acceptors (Lipinski definition) is 3. The molecular formula is C15H19ClN2O3. The Morgan fingerprint density at radius 2 is 2.10 bits per heavy atom. The Morgan fingerprint density at radius 1 is 1.38 bits per heavy atom. The van der Waals surface area contributed by atoms with Gasteiger partial charge in [0.25, 0.3) is 0 Å². The van der Waals surface area contributed by atoms with E-state index in [0.717, 1.165) is 19.3 Å². The Labute approximate surface area is 128 Å². The Bertz CT molecular complexity index is 556. The number of nitrogens with one attached hydrogen (secondary N) is 2. The lowest BCUT2D eigenvalue weighted by atomic mass is 9.78. The molecule has 0 heterocycles. The third kappa shape index (κ3) is 4.19. The molecule has 1 aliphatic carbocycles. The molecule has 0 spiro atoms. The van der Waals surface area contributed by atoms with Crippen molar-refractivity contribution >= 4 is 29.1 Å². The SMILES string of the molecule is CC(=O)c1ccc(NC(=O)NCCC2(O)CCC2)cc1Cl. The molecule has 1 aromatic rings. The van der Waals surface area contributed by atoms with E-state index in [1.54, 1.807) is 12.1 Å². The van der Waals surface area contributed by atoms with E-state index < -0.39 is 5.60 Å². The van der Waals surface area contributed by atoms with Crippen LogP contribution in [0.15, 0.2) is 18.2 Å². The zero-order valence-electron chi connectivity index (χ0n) is 11.9. The highest BCUT2D eigenvalue weighted by Gasteiger charge is 2.33. The van der Waals surface area contributed by atoms with Crippen molar-refractivity contribution in [3.8, 4) is 0 Å². The van der Waals surface area contributed by atoms with E-state index >= 15 is 0 Å². The fourth-order valence-corrected chi connectivity index (χ4v) is 2.61. The van der Waals surface area contributed by atoms with Crippen LogP contribution < -0.4 is 10.6 Å². The number of urea groups is 1. The predicted octanol–water partition coefficient (Wildman–Crippen LogP) is 2.97. The van der Waals surface area contributed by atoms with Gasteiger partial charge in [-0.15, -0.1) is 0 Å². The molecule has 6 heteroatoms. The summed E-state index contributed by atoms with van der Waals surface area (Å²) in [5.41, 5.74) is 0.347. The molecule has 1 aliphatic rings. The summed E-state index contributed by atoms with van der Waals surface area (Å²) in [6.45, 7) is 1.85. The summed E-state index contributed by atoms with van der Waals surface area (Å²) in [5, 5.41) is 15.6. The van der Waals surface area contributed by atoms with Crippen molar-refractivity contribution in [2.45, 2.75) is 38.2 Å². The number of ketones is 1. The van der Waals surface area contributed by atoms with Crippen LogP contribution >= 0.6 is 11.6 Å². The summed E-state index contributed by atoms with van der Waals surface area (Å²) in [4.78, 5) is 23.0. The van der Waals surface area contributed by atoms with Gasteiger partial charge in [0.05, 0.1) is 10.6 Å². The first-order valence-corrected chi connectivity index (χ1v) is 7.35. The van der Waals surface area contributed by atoms with Crippen molar-refractivity contribution < 1.29 is 14.7 Å². The molecule has 0 radical (unpaired) electrons. The summed E-state index contributed by atoms with van der Waals surface area (Å²) >= 11 is 5.97. The quantitative estimate of drug-likeness (QED) is 0.732. The topological polar surface area (TPSA) is 78.4 Å². The Morgan fingerprint density at radius 3 is 2.62 bits per heavy atom. The van der Waals surface area contributed by atoms with Crippen LogP contribution in [0.25, 0.3) is 0 Å². The van der Waals surface area contributed by atoms with E-state index in [9.17, 15) is 14.7 Å². The molecule has 114 valence electrons. The Kier molecular flexibility index (Phi) is 4.85. The van der Waals surface area contributed by atoms with Gasteiger partial charge in [-0.05, 0) is 50.8 Å². The molecule has 0 atom stereocenters. The molecule has 0 bridgehead atoms. The molecule has 1 saturated carbocycles. The van der Waals surface area contributed by atoms with E-state index in [0.29, 0.717) is 29.2 Å². The minimum absolute atomic E-state index is 0.121. The van der Waals surface area contributed by atoms with Crippen molar-refractivity contribution in [1.82, 2.24) is 5.32 Å². The van der Waals surface area contributed by atoms with Crippen LogP contribution in [-0.2, 0) is 0 Å². The number of benzene rings is 1. The van der Waals surface area contributed by atoms with Crippen molar-refractivity contribution in [3.63, 3.8) is 0 Å². The molecule has 2 amide bonds. The summed E-state index contributed by atoms with van der Waals surface area (Å²) < 4.78 is 0. The maximum absolute atomic E-state index is 11.7. The van der Waals surface area contributed by atoms with Gasteiger partial charge in [0.15, 0.2) is 5.78 Å². The van der Waals surface area contributed by atoms with Crippen LogP contribution in [0.1, 0.15) is 43.0 Å². The standard InChI is InChI=1S/C15H19ClN2O3/c1-10(19)12-4-3-11(9-13(12)16)18-14(20)17-8-7-15(21)5-2-6-15/h3-4,9,21H,2,5-8H2,1H3,(H2,17,18,20). The molecule has 3 N–H and O–H groups in total. The van der Waals surface area contributed by atoms with Gasteiger partial charge in [0, 0.05) is 17.8 Å². The van der Waals surface area contributed by atoms with Gasteiger partial charge >= 0.3 is 6.03 Å². The first-order chi connectivity index (χ1) is 9.89. The van der Waals surface area contributed by atoms with E-state index in [4.69, 9.17) is 11.6 Å². The minimum Gasteiger partial charge on any atom is -0.390 e. The molecule has 0 aromatic heterocycles. The third-order valence-corrected chi connectivity index (χ3v) is 4.08. The molecule has 2 rings (SSSR count). The van der Waals surface area contributed by atoms with Gasteiger partial charge < -0.3 is 15.7 Å². The average Bonchev–Trinajstić information content (AvgIpc) is 2.36. The van der Waals surface area contributed by atoms with Gasteiger partial charge in [0.1, 0.15) is 0 Å². The number of Topliss-reactive ketones (excluding diaryl/α,β-unsaturated/α-hetero) is 1. The molecule has 1 aromatic carbocycles. The number of carbonyl (C=O) groups excluding carboxylic acids is 2. The summed E-state index contributed by atoms with van der Waals surface area (Å²) in [6, 6.07) is 4.39. The van der Waals surface area contributed by atoms with Gasteiger partial charge in [0.2, 0.25) is 0 Å². The van der Waals surface area contributed by atoms with Crippen LogP contribution in [0.3, 0.4) is 0 Å². The molecular weight excluding hydrogens is 292 g/mol. The second-order valence-corrected chi connectivity index (χ2v) is 5.87. The molecule has 5 nitrogen and oxygen atoms in total. The van der Waals surface area contributed by atoms with E-state index in [1.807, 2.05) is 0 Å². The van der Waals surface area contributed by atoms with Crippen molar-refractivity contribution in [3.05, 3.63) is 28.8 Å². The van der Waals surface area contributed by atoms with Gasteiger partial charge in [-0.25, -0.2) is 4.79 Å². The van der Waals surface area contributed by atoms with Crippen LogP contribution in [0.4, 0.5) is 10.5 Å². The molecule has 0 saturated heterocycles. The lowest BCUT2D eigenvalue weighted by Crippen LogP contribution is -2.41. The van der Waals surface area contributed by atoms with E-state index in [2.05, 4.69) is 10.6 Å². The highest BCUT2D eigenvalue weighted by atomic mass is 35.5. The van der Waals surface area contributed by atoms with E-state index in [1.165, 1.54) is 13.0 Å². The number of rotatable bonds is 5. The first-order valence-electron chi connectivity index (χ1n) is 6.97. The lowest BCUT2D eigenvalue weighted by molar-refractivity contribution is -0.0388. The summed E-state index contributed by atoms with van der Waals surface area (Å²) in [6.07, 6.45) is 3.21. The van der Waals surface area contributed by atoms with Gasteiger partial charge in [-0.2, -0.15) is 0 Å². The fraction of sp³-hybridized carbons (Fsp3) is 0.467. The largest absolute Gasteiger partial charge is 0.390 e. The number of amides is 2. The van der Waals surface area contributed by atoms with Crippen LogP contribution in [0, 0.1) is 0 Å². The smallest absolute Gasteiger partial charge is 0.319 e. The molecule has 0 unspecified atom stereocenters. The maximum Gasteiger partial charge on any atom is 0.319 e. The highest BCUT2D eigenvalue weighted by Crippen LogP contribution is 2.34. The Balaban J connectivity index is 1.82. The normalized spacial score (nSPS) is 16.0. The first kappa shape index (κ1) is 15.8. The van der Waals surface area contributed by atoms with Gasteiger partial charge in [-0.1, -0.05) is 11.6 Å². The van der Waals surface area contributed by atoms with Crippen molar-refractivity contribution in [2.75, 3.05) is 11.9 Å². The lowest BCUT2D eigenvalue weighted by Gasteiger charge is -2.36. The fourth-order valence-electron chi connectivity index (χ4n) is 2.30. The zero-order chi connectivity index (χ0) is 15.5. The van der Waals surface area contributed by atoms with Crippen LogP contribution in [0.5, 0.6) is 0 Å². The van der Waals surface area contributed by atoms with Crippen LogP contribution in [-0.4, -0.2) is 29.1 Å². The second-order valence-electron chi connectivity index (χ2n) is 5.46. The summed E-state index contributed by atoms with van der Waals surface area (Å²) in [7, 11) is 0. The predicted molar refractivity (Wildman–Crippen MR) is 81.9 cm³/mol. The zero-order valence-corrected chi connectivity index (χ0v) is 12.7. The highest BCUT2D eigenvalue weighted by molar-refractivity contribution is 6.34. The number of carbonyl (C=O) groups is 2. The number of hydrogen-bond donors (Lipinski definition) is 3. The van der Waals surface area contributed by atoms with Crippen molar-refractivity contribution in [1.29, 1.82) is 0 Å². The van der Waals surface area contributed by atoms with Crippen molar-refractivity contribution in [2.24, 2.45) is 0 Å². The van der Waals surface area contributed by atoms with Crippen LogP contribution in [0.2, 0.25) is 5.02 Å². The Hall–Kier alpha value is -1.59. The average molecular weight is 311 g/mol. The summed E-state index contributed by atoms with van der Waals surface area (Å²) in [5.74, 6) is -0.121.